The fourth-order valence-electron chi connectivity index (χ4n) is 1.29. The summed E-state index contributed by atoms with van der Waals surface area (Å²) in [5, 5.41) is 2.84. The molecule has 0 saturated carbocycles. The second kappa shape index (κ2) is 3.26. The third-order valence-corrected chi connectivity index (χ3v) is 2.82. The van der Waals surface area contributed by atoms with Gasteiger partial charge in [0.2, 0.25) is 0 Å². The van der Waals surface area contributed by atoms with Crippen LogP contribution in [-0.2, 0) is 6.42 Å². The Balaban J connectivity index is 2.52. The summed E-state index contributed by atoms with van der Waals surface area (Å²) >= 11 is 1.53. The van der Waals surface area contributed by atoms with E-state index in [0.717, 1.165) is 21.9 Å². The largest absolute Gasteiger partial charge is 0.464 e. The molecule has 2 N–H and O–H groups in total. The van der Waals surface area contributed by atoms with Crippen LogP contribution in [-0.4, -0.2) is 0 Å². The maximum atomic E-state index is 5.79. The summed E-state index contributed by atoms with van der Waals surface area (Å²) in [5.41, 5.74) is 7.95. The Labute approximate surface area is 81.0 Å². The van der Waals surface area contributed by atoms with Crippen LogP contribution in [0.4, 0.5) is 5.00 Å². The molecule has 2 aromatic heterocycles. The quantitative estimate of drug-likeness (QED) is 0.794. The van der Waals surface area contributed by atoms with Gasteiger partial charge in [0.05, 0.1) is 11.3 Å². The van der Waals surface area contributed by atoms with Gasteiger partial charge < -0.3 is 10.2 Å². The molecule has 0 unspecified atom stereocenters. The Hall–Kier alpha value is -1.22. The lowest BCUT2D eigenvalue weighted by atomic mass is 10.1. The molecule has 67 valence electrons. The first-order valence-electron chi connectivity index (χ1n) is 4.02. The van der Waals surface area contributed by atoms with E-state index < -0.39 is 0 Å². The van der Waals surface area contributed by atoms with Crippen LogP contribution in [0, 0.1) is 6.92 Å². The summed E-state index contributed by atoms with van der Waals surface area (Å²) < 4.78 is 5.30. The number of rotatable bonds is 2. The molecule has 1 radical (unpaired) electrons. The molecule has 2 aromatic rings. The molecule has 0 spiro atoms. The molecular formula is C10H10NOS. The molecule has 0 aliphatic carbocycles. The maximum Gasteiger partial charge on any atom is 0.135 e. The van der Waals surface area contributed by atoms with Crippen molar-refractivity contribution < 1.29 is 4.42 Å². The number of hydrogen-bond donors (Lipinski definition) is 1. The lowest BCUT2D eigenvalue weighted by molar-refractivity contribution is 0.582. The molecule has 0 aliphatic heterocycles. The smallest absolute Gasteiger partial charge is 0.135 e. The second-order valence-corrected chi connectivity index (χ2v) is 3.63. The highest BCUT2D eigenvalue weighted by atomic mass is 32.1. The van der Waals surface area contributed by atoms with E-state index in [1.807, 2.05) is 17.5 Å². The monoisotopic (exact) mass is 192 g/mol. The molecule has 0 amide bonds. The van der Waals surface area contributed by atoms with Crippen molar-refractivity contribution in [1.82, 2.24) is 0 Å². The van der Waals surface area contributed by atoms with Crippen molar-refractivity contribution >= 4 is 16.3 Å². The first-order valence-corrected chi connectivity index (χ1v) is 4.90. The Morgan fingerprint density at radius 2 is 2.38 bits per heavy atom. The van der Waals surface area contributed by atoms with Gasteiger partial charge in [-0.3, -0.25) is 0 Å². The summed E-state index contributed by atoms with van der Waals surface area (Å²) in [6.45, 7) is 3.84. The van der Waals surface area contributed by atoms with Gasteiger partial charge in [0.15, 0.2) is 0 Å². The number of nitrogens with two attached hydrogens (primary N) is 1. The molecule has 2 rings (SSSR count). The molecule has 13 heavy (non-hydrogen) atoms. The van der Waals surface area contributed by atoms with E-state index in [1.54, 1.807) is 6.26 Å². The van der Waals surface area contributed by atoms with E-state index >= 15 is 0 Å². The Morgan fingerprint density at radius 3 is 3.00 bits per heavy atom. The van der Waals surface area contributed by atoms with E-state index in [-0.39, 0.29) is 0 Å². The average molecular weight is 192 g/mol. The Kier molecular flexibility index (Phi) is 2.10. The molecule has 0 aromatic carbocycles. The molecule has 0 saturated heterocycles. The molecule has 0 fully saturated rings. The fourth-order valence-corrected chi connectivity index (χ4v) is 2.15. The van der Waals surface area contributed by atoms with Crippen molar-refractivity contribution in [3.05, 3.63) is 36.3 Å². The molecule has 2 heterocycles. The number of hydrogen-bond acceptors (Lipinski definition) is 3. The summed E-state index contributed by atoms with van der Waals surface area (Å²) in [4.78, 5) is 0. The van der Waals surface area contributed by atoms with Gasteiger partial charge in [-0.2, -0.15) is 0 Å². The van der Waals surface area contributed by atoms with Crippen molar-refractivity contribution in [2.24, 2.45) is 0 Å². The van der Waals surface area contributed by atoms with Crippen LogP contribution < -0.4 is 5.73 Å². The van der Waals surface area contributed by atoms with Crippen LogP contribution in [0.2, 0.25) is 0 Å². The topological polar surface area (TPSA) is 39.2 Å². The predicted molar refractivity (Wildman–Crippen MR) is 55.5 cm³/mol. The van der Waals surface area contributed by atoms with Gasteiger partial charge in [0.1, 0.15) is 5.76 Å². The molecule has 0 aliphatic rings. The normalized spacial score (nSPS) is 10.5. The third kappa shape index (κ3) is 1.35. The fraction of sp³-hybridized carbons (Fsp3) is 0.100. The maximum absolute atomic E-state index is 5.79. The Morgan fingerprint density at radius 1 is 1.54 bits per heavy atom. The van der Waals surface area contributed by atoms with Gasteiger partial charge in [-0.15, -0.1) is 11.3 Å². The highest BCUT2D eigenvalue weighted by Gasteiger charge is 2.10. The van der Waals surface area contributed by atoms with Gasteiger partial charge in [-0.05, 0) is 31.0 Å². The number of nitrogen functional groups attached to an aromatic ring is 1. The van der Waals surface area contributed by atoms with Crippen LogP contribution >= 0.6 is 11.3 Å². The summed E-state index contributed by atoms with van der Waals surface area (Å²) in [5.74, 6) is 0.867. The van der Waals surface area contributed by atoms with Crippen LogP contribution in [0.5, 0.6) is 0 Å². The van der Waals surface area contributed by atoms with E-state index in [1.165, 1.54) is 11.3 Å². The summed E-state index contributed by atoms with van der Waals surface area (Å²) in [6.07, 6.45) is 2.36. The van der Waals surface area contributed by atoms with Crippen LogP contribution in [0.3, 0.4) is 0 Å². The predicted octanol–water partition coefficient (Wildman–Crippen LogP) is 2.97. The third-order valence-electron chi connectivity index (χ3n) is 1.96. The minimum absolute atomic E-state index is 0.700. The first-order chi connectivity index (χ1) is 6.33. The van der Waals surface area contributed by atoms with E-state index in [4.69, 9.17) is 10.2 Å². The summed E-state index contributed by atoms with van der Waals surface area (Å²) in [7, 11) is 0. The highest BCUT2D eigenvalue weighted by molar-refractivity contribution is 7.14. The Bertz CT molecular complexity index is 389. The van der Waals surface area contributed by atoms with Gasteiger partial charge in [-0.1, -0.05) is 0 Å². The molecule has 3 heteroatoms. The zero-order chi connectivity index (χ0) is 9.26. The molecule has 2 nitrogen and oxygen atoms in total. The molecular weight excluding hydrogens is 182 g/mol. The minimum atomic E-state index is 0.700. The van der Waals surface area contributed by atoms with Crippen molar-refractivity contribution in [3.63, 3.8) is 0 Å². The van der Waals surface area contributed by atoms with E-state index in [0.29, 0.717) is 6.42 Å². The van der Waals surface area contributed by atoms with E-state index in [9.17, 15) is 0 Å². The van der Waals surface area contributed by atoms with Crippen LogP contribution in [0.1, 0.15) is 5.56 Å². The number of furan rings is 1. The SMILES string of the molecule is [CH2]Cc1c(-c2ccco2)csc1N. The standard InChI is InChI=1S/C10H10NOS/c1-2-7-8(6-13-10(7)11)9-4-3-5-12-9/h3-6H,1-2,11H2. The minimum Gasteiger partial charge on any atom is -0.464 e. The lowest BCUT2D eigenvalue weighted by Crippen LogP contribution is -1.87. The van der Waals surface area contributed by atoms with Gasteiger partial charge in [-0.25, -0.2) is 0 Å². The van der Waals surface area contributed by atoms with Crippen molar-refractivity contribution in [2.75, 3.05) is 5.73 Å². The zero-order valence-corrected chi connectivity index (χ0v) is 7.93. The van der Waals surface area contributed by atoms with Crippen LogP contribution in [0.15, 0.2) is 28.2 Å². The average Bonchev–Trinajstić information content (AvgIpc) is 2.71. The molecule has 0 atom stereocenters. The van der Waals surface area contributed by atoms with Crippen molar-refractivity contribution in [1.29, 1.82) is 0 Å². The second-order valence-electron chi connectivity index (χ2n) is 2.72. The van der Waals surface area contributed by atoms with Crippen molar-refractivity contribution in [2.45, 2.75) is 6.42 Å². The molecule has 0 bridgehead atoms. The van der Waals surface area contributed by atoms with E-state index in [2.05, 4.69) is 6.92 Å². The summed E-state index contributed by atoms with van der Waals surface area (Å²) in [6, 6.07) is 3.80. The number of anilines is 1. The number of thiophene rings is 1. The van der Waals surface area contributed by atoms with Crippen LogP contribution in [0.25, 0.3) is 11.3 Å². The lowest BCUT2D eigenvalue weighted by Gasteiger charge is -1.98. The van der Waals surface area contributed by atoms with Gasteiger partial charge >= 0.3 is 0 Å². The van der Waals surface area contributed by atoms with Gasteiger partial charge in [0.25, 0.3) is 0 Å². The van der Waals surface area contributed by atoms with Crippen molar-refractivity contribution in [3.8, 4) is 11.3 Å². The first kappa shape index (κ1) is 8.38. The highest BCUT2D eigenvalue weighted by Crippen LogP contribution is 2.33. The van der Waals surface area contributed by atoms with Gasteiger partial charge in [0, 0.05) is 10.9 Å². The zero-order valence-electron chi connectivity index (χ0n) is 7.12.